The van der Waals surface area contributed by atoms with E-state index in [1.807, 2.05) is 0 Å². The summed E-state index contributed by atoms with van der Waals surface area (Å²) in [6.45, 7) is 3.16. The van der Waals surface area contributed by atoms with E-state index in [1.54, 1.807) is 0 Å². The number of nitrogens with zero attached hydrogens (tertiary/aromatic N) is 2. The molecule has 0 bridgehead atoms. The van der Waals surface area contributed by atoms with Crippen LogP contribution in [0.2, 0.25) is 0 Å². The predicted octanol–water partition coefficient (Wildman–Crippen LogP) is 5.07. The summed E-state index contributed by atoms with van der Waals surface area (Å²) in [4.78, 5) is 0. The number of hydrogen-bond acceptors (Lipinski definition) is 3. The minimum absolute atomic E-state index is 0.873. The quantitative estimate of drug-likeness (QED) is 0.369. The first-order valence-corrected chi connectivity index (χ1v) is 7.82. The van der Waals surface area contributed by atoms with Gasteiger partial charge < -0.3 is 5.73 Å². The Morgan fingerprint density at radius 2 is 0.833 bits per heavy atom. The second-order valence-corrected chi connectivity index (χ2v) is 5.03. The molecular formula is C15H33N3. The average molecular weight is 255 g/mol. The van der Waals surface area contributed by atoms with Gasteiger partial charge in [-0.1, -0.05) is 84.0 Å². The van der Waals surface area contributed by atoms with E-state index in [4.69, 9.17) is 16.5 Å². The van der Waals surface area contributed by atoms with Crippen LogP contribution in [0.3, 0.4) is 0 Å². The van der Waals surface area contributed by atoms with Gasteiger partial charge in [-0.05, 0) is 13.0 Å². The van der Waals surface area contributed by atoms with Crippen molar-refractivity contribution in [2.24, 2.45) is 5.73 Å². The summed E-state index contributed by atoms with van der Waals surface area (Å²) in [5, 5.41) is 12.0. The van der Waals surface area contributed by atoms with Crippen molar-refractivity contribution in [1.29, 1.82) is 10.8 Å². The lowest BCUT2D eigenvalue weighted by Gasteiger charge is -2.02. The van der Waals surface area contributed by atoms with Crippen LogP contribution in [-0.2, 0) is 0 Å². The third-order valence-electron chi connectivity index (χ3n) is 3.31. The number of rotatable bonds is 13. The van der Waals surface area contributed by atoms with Crippen LogP contribution in [0.1, 0.15) is 90.4 Å². The van der Waals surface area contributed by atoms with Gasteiger partial charge in [0.05, 0.1) is 0 Å². The normalized spacial score (nSPS) is 9.78. The SMILES string of the molecule is CCCCCCCCCCCCCCCN.N#N. The lowest BCUT2D eigenvalue weighted by atomic mass is 10.0. The summed E-state index contributed by atoms with van der Waals surface area (Å²) >= 11 is 0. The fourth-order valence-electron chi connectivity index (χ4n) is 2.16. The molecule has 0 aromatic rings. The highest BCUT2D eigenvalue weighted by Crippen LogP contribution is 2.12. The molecule has 108 valence electrons. The van der Waals surface area contributed by atoms with Gasteiger partial charge >= 0.3 is 0 Å². The Balaban J connectivity index is 0. The van der Waals surface area contributed by atoms with Gasteiger partial charge in [-0.25, -0.2) is 0 Å². The lowest BCUT2D eigenvalue weighted by Crippen LogP contribution is -1.97. The van der Waals surface area contributed by atoms with Crippen LogP contribution in [0.25, 0.3) is 0 Å². The minimum Gasteiger partial charge on any atom is -0.330 e. The van der Waals surface area contributed by atoms with Crippen LogP contribution < -0.4 is 5.73 Å². The van der Waals surface area contributed by atoms with Crippen molar-refractivity contribution in [3.8, 4) is 0 Å². The lowest BCUT2D eigenvalue weighted by molar-refractivity contribution is 0.540. The van der Waals surface area contributed by atoms with Crippen molar-refractivity contribution < 1.29 is 0 Å². The fourth-order valence-corrected chi connectivity index (χ4v) is 2.16. The van der Waals surface area contributed by atoms with Gasteiger partial charge in [-0.15, -0.1) is 0 Å². The number of nitrogens with two attached hydrogens (primary N) is 1. The molecule has 0 radical (unpaired) electrons. The molecule has 0 aromatic heterocycles. The highest BCUT2D eigenvalue weighted by molar-refractivity contribution is 4.48. The van der Waals surface area contributed by atoms with Crippen molar-refractivity contribution in [2.45, 2.75) is 90.4 Å². The van der Waals surface area contributed by atoms with Gasteiger partial charge in [0.15, 0.2) is 0 Å². The molecule has 0 unspecified atom stereocenters. The number of hydrogen-bond donors (Lipinski definition) is 1. The zero-order chi connectivity index (χ0) is 13.9. The molecule has 0 atom stereocenters. The smallest absolute Gasteiger partial charge is 0 e. The Kier molecular flexibility index (Phi) is 23.7. The largest absolute Gasteiger partial charge is 0.330 e. The zero-order valence-electron chi connectivity index (χ0n) is 12.4. The van der Waals surface area contributed by atoms with Gasteiger partial charge in [-0.3, -0.25) is 0 Å². The summed E-state index contributed by atoms with van der Waals surface area (Å²) in [7, 11) is 0. The zero-order valence-corrected chi connectivity index (χ0v) is 12.4. The molecule has 0 amide bonds. The molecule has 0 heterocycles. The Hall–Kier alpha value is -0.620. The van der Waals surface area contributed by atoms with Gasteiger partial charge in [0.25, 0.3) is 0 Å². The van der Waals surface area contributed by atoms with E-state index < -0.39 is 0 Å². The summed E-state index contributed by atoms with van der Waals surface area (Å²) in [6, 6.07) is 0. The molecule has 0 saturated carbocycles. The van der Waals surface area contributed by atoms with Crippen LogP contribution in [0.5, 0.6) is 0 Å². The Bertz CT molecular complexity index is 132. The standard InChI is InChI=1S/C15H33N.N2/c1-2-3-4-5-6-7-8-9-10-11-12-13-14-15-16;1-2/h2-16H2,1H3;. The molecule has 0 aliphatic rings. The fraction of sp³-hybridized carbons (Fsp3) is 1.00. The van der Waals surface area contributed by atoms with Crippen molar-refractivity contribution in [1.82, 2.24) is 0 Å². The van der Waals surface area contributed by atoms with Gasteiger partial charge in [0.1, 0.15) is 0 Å². The van der Waals surface area contributed by atoms with Crippen LogP contribution in [0, 0.1) is 10.8 Å². The maximum absolute atomic E-state index is 6.00. The van der Waals surface area contributed by atoms with E-state index in [0.717, 1.165) is 6.54 Å². The van der Waals surface area contributed by atoms with Gasteiger partial charge in [0.2, 0.25) is 0 Å². The Morgan fingerprint density at radius 1 is 0.556 bits per heavy atom. The third-order valence-corrected chi connectivity index (χ3v) is 3.31. The first-order chi connectivity index (χ1) is 8.91. The Labute approximate surface area is 114 Å². The summed E-state index contributed by atoms with van der Waals surface area (Å²) in [5.74, 6) is 0. The van der Waals surface area contributed by atoms with Crippen molar-refractivity contribution in [2.75, 3.05) is 6.54 Å². The van der Waals surface area contributed by atoms with Crippen LogP contribution in [0.15, 0.2) is 0 Å². The third kappa shape index (κ3) is 20.8. The van der Waals surface area contributed by atoms with Crippen LogP contribution in [-0.4, -0.2) is 6.54 Å². The average Bonchev–Trinajstić information content (AvgIpc) is 2.42. The molecule has 0 rings (SSSR count). The highest BCUT2D eigenvalue weighted by atomic mass is 14.6. The van der Waals surface area contributed by atoms with E-state index in [1.165, 1.54) is 83.5 Å². The van der Waals surface area contributed by atoms with E-state index in [-0.39, 0.29) is 0 Å². The van der Waals surface area contributed by atoms with E-state index in [9.17, 15) is 0 Å². The molecule has 0 fully saturated rings. The molecule has 0 aliphatic heterocycles. The first kappa shape index (κ1) is 19.7. The molecule has 2 N–H and O–H groups in total. The second kappa shape index (κ2) is 21.6. The molecule has 0 spiro atoms. The molecule has 0 aromatic carbocycles. The number of unbranched alkanes of at least 4 members (excludes halogenated alkanes) is 12. The summed E-state index contributed by atoms with van der Waals surface area (Å²) in [6.07, 6.45) is 18.4. The molecule has 3 nitrogen and oxygen atoms in total. The van der Waals surface area contributed by atoms with E-state index >= 15 is 0 Å². The van der Waals surface area contributed by atoms with E-state index in [2.05, 4.69) is 6.92 Å². The maximum atomic E-state index is 6.00. The van der Waals surface area contributed by atoms with Crippen LogP contribution >= 0.6 is 0 Å². The summed E-state index contributed by atoms with van der Waals surface area (Å²) < 4.78 is 0. The topological polar surface area (TPSA) is 73.6 Å². The molecule has 3 heteroatoms. The van der Waals surface area contributed by atoms with Crippen molar-refractivity contribution in [3.63, 3.8) is 0 Å². The maximum Gasteiger partial charge on any atom is 0 e. The Morgan fingerprint density at radius 3 is 1.11 bits per heavy atom. The van der Waals surface area contributed by atoms with Gasteiger partial charge in [0, 0.05) is 10.8 Å². The monoisotopic (exact) mass is 255 g/mol. The molecular weight excluding hydrogens is 222 g/mol. The second-order valence-electron chi connectivity index (χ2n) is 5.03. The molecule has 0 saturated heterocycles. The predicted molar refractivity (Wildman–Crippen MR) is 78.2 cm³/mol. The molecule has 0 aliphatic carbocycles. The van der Waals surface area contributed by atoms with E-state index in [0.29, 0.717) is 0 Å². The van der Waals surface area contributed by atoms with Crippen LogP contribution in [0.4, 0.5) is 0 Å². The summed E-state index contributed by atoms with van der Waals surface area (Å²) in [5.41, 5.74) is 5.46. The molecule has 18 heavy (non-hydrogen) atoms. The van der Waals surface area contributed by atoms with Gasteiger partial charge in [-0.2, -0.15) is 0 Å². The van der Waals surface area contributed by atoms with Crippen molar-refractivity contribution in [3.05, 3.63) is 0 Å². The first-order valence-electron chi connectivity index (χ1n) is 7.82. The van der Waals surface area contributed by atoms with Crippen molar-refractivity contribution >= 4 is 0 Å². The highest BCUT2D eigenvalue weighted by Gasteiger charge is 1.92. The minimum atomic E-state index is 0.873.